The van der Waals surface area contributed by atoms with Crippen molar-refractivity contribution in [2.24, 2.45) is 0 Å². The minimum absolute atomic E-state index is 0.0948. The van der Waals surface area contributed by atoms with E-state index in [1.165, 1.54) is 12.3 Å². The minimum Gasteiger partial charge on any atom is -0.460 e. The van der Waals surface area contributed by atoms with E-state index in [-0.39, 0.29) is 11.2 Å². The first-order chi connectivity index (χ1) is 14.8. The summed E-state index contributed by atoms with van der Waals surface area (Å²) < 4.78 is 16.8. The summed E-state index contributed by atoms with van der Waals surface area (Å²) in [7, 11) is 0. The molecule has 0 radical (unpaired) electrons. The third-order valence-electron chi connectivity index (χ3n) is 5.09. The largest absolute Gasteiger partial charge is 0.460 e. The van der Waals surface area contributed by atoms with Crippen molar-refractivity contribution in [2.45, 2.75) is 27.7 Å². The van der Waals surface area contributed by atoms with E-state index in [4.69, 9.17) is 13.9 Å². The molecule has 0 spiro atoms. The first kappa shape index (κ1) is 20.4. The SMILES string of the molecule is Cc1cc(C)cc(Oc2coc3cc(OC(=O)c4ccc(C)c(C)c4)ccc3c2=O)c1. The molecule has 5 heteroatoms. The Kier molecular flexibility index (Phi) is 5.34. The van der Waals surface area contributed by atoms with Gasteiger partial charge in [0.2, 0.25) is 11.2 Å². The van der Waals surface area contributed by atoms with E-state index in [9.17, 15) is 9.59 Å². The van der Waals surface area contributed by atoms with Crippen molar-refractivity contribution in [1.82, 2.24) is 0 Å². The van der Waals surface area contributed by atoms with Gasteiger partial charge in [-0.2, -0.15) is 0 Å². The lowest BCUT2D eigenvalue weighted by Gasteiger charge is -2.09. The molecule has 31 heavy (non-hydrogen) atoms. The van der Waals surface area contributed by atoms with E-state index < -0.39 is 5.97 Å². The molecule has 0 unspecified atom stereocenters. The van der Waals surface area contributed by atoms with Crippen LogP contribution >= 0.6 is 0 Å². The maximum atomic E-state index is 12.8. The van der Waals surface area contributed by atoms with Crippen LogP contribution < -0.4 is 14.9 Å². The summed E-state index contributed by atoms with van der Waals surface area (Å²) in [5.74, 6) is 0.488. The topological polar surface area (TPSA) is 65.7 Å². The van der Waals surface area contributed by atoms with Crippen LogP contribution in [0.4, 0.5) is 0 Å². The Morgan fingerprint density at radius 1 is 0.806 bits per heavy atom. The third kappa shape index (κ3) is 4.36. The summed E-state index contributed by atoms with van der Waals surface area (Å²) in [5, 5.41) is 0.341. The number of carbonyl (C=O) groups is 1. The Morgan fingerprint density at radius 3 is 2.26 bits per heavy atom. The lowest BCUT2D eigenvalue weighted by molar-refractivity contribution is 0.0735. The van der Waals surface area contributed by atoms with Crippen molar-refractivity contribution in [3.05, 3.63) is 98.9 Å². The molecule has 0 amide bonds. The van der Waals surface area contributed by atoms with Gasteiger partial charge in [-0.25, -0.2) is 4.79 Å². The van der Waals surface area contributed by atoms with Crippen molar-refractivity contribution in [1.29, 1.82) is 0 Å². The summed E-state index contributed by atoms with van der Waals surface area (Å²) in [5.41, 5.74) is 4.65. The number of benzene rings is 3. The van der Waals surface area contributed by atoms with Crippen LogP contribution in [0.1, 0.15) is 32.6 Å². The number of rotatable bonds is 4. The standard InChI is InChI=1S/C26H22O5/c1-15-9-16(2)11-21(10-15)30-24-14-29-23-13-20(7-8-22(23)25(24)27)31-26(28)19-6-5-17(3)18(4)12-19/h5-14H,1-4H3. The third-order valence-corrected chi connectivity index (χ3v) is 5.09. The lowest BCUT2D eigenvalue weighted by Crippen LogP contribution is -2.09. The normalized spacial score (nSPS) is 10.8. The molecule has 0 aliphatic heterocycles. The van der Waals surface area contributed by atoms with Gasteiger partial charge in [-0.1, -0.05) is 12.1 Å². The number of aryl methyl sites for hydroxylation is 4. The van der Waals surface area contributed by atoms with Gasteiger partial charge in [0.15, 0.2) is 0 Å². The van der Waals surface area contributed by atoms with E-state index in [1.54, 1.807) is 24.3 Å². The smallest absolute Gasteiger partial charge is 0.343 e. The number of fused-ring (bicyclic) bond motifs is 1. The van der Waals surface area contributed by atoms with E-state index in [0.717, 1.165) is 22.3 Å². The second-order valence-corrected chi connectivity index (χ2v) is 7.70. The van der Waals surface area contributed by atoms with Gasteiger partial charge < -0.3 is 13.9 Å². The number of carbonyl (C=O) groups excluding carboxylic acids is 1. The molecule has 156 valence electrons. The monoisotopic (exact) mass is 414 g/mol. The predicted molar refractivity (Wildman–Crippen MR) is 119 cm³/mol. The fourth-order valence-electron chi connectivity index (χ4n) is 3.38. The van der Waals surface area contributed by atoms with Crippen molar-refractivity contribution < 1.29 is 18.7 Å². The van der Waals surface area contributed by atoms with Crippen molar-refractivity contribution in [3.63, 3.8) is 0 Å². The van der Waals surface area contributed by atoms with Crippen LogP contribution in [0, 0.1) is 27.7 Å². The molecule has 0 aliphatic rings. The molecule has 3 aromatic carbocycles. The summed E-state index contributed by atoms with van der Waals surface area (Å²) in [6, 6.07) is 15.8. The molecular weight excluding hydrogens is 392 g/mol. The molecule has 4 aromatic rings. The average molecular weight is 414 g/mol. The number of ether oxygens (including phenoxy) is 2. The fraction of sp³-hybridized carbons (Fsp3) is 0.154. The molecule has 0 aliphatic carbocycles. The van der Waals surface area contributed by atoms with Crippen molar-refractivity contribution >= 4 is 16.9 Å². The Bertz CT molecular complexity index is 1340. The Hall–Kier alpha value is -3.86. The maximum Gasteiger partial charge on any atom is 0.343 e. The Labute approximate surface area is 179 Å². The highest BCUT2D eigenvalue weighted by Gasteiger charge is 2.14. The van der Waals surface area contributed by atoms with Gasteiger partial charge >= 0.3 is 5.97 Å². The second kappa shape index (κ2) is 8.11. The van der Waals surface area contributed by atoms with Gasteiger partial charge in [0.05, 0.1) is 10.9 Å². The molecule has 0 saturated heterocycles. The van der Waals surface area contributed by atoms with Crippen molar-refractivity contribution in [3.8, 4) is 17.2 Å². The highest BCUT2D eigenvalue weighted by Crippen LogP contribution is 2.26. The molecule has 0 saturated carbocycles. The summed E-state index contributed by atoms with van der Waals surface area (Å²) in [6.07, 6.45) is 1.28. The first-order valence-electron chi connectivity index (χ1n) is 9.91. The summed E-state index contributed by atoms with van der Waals surface area (Å²) >= 11 is 0. The number of hydrogen-bond donors (Lipinski definition) is 0. The zero-order valence-electron chi connectivity index (χ0n) is 17.8. The number of esters is 1. The van der Waals surface area contributed by atoms with E-state index >= 15 is 0 Å². The Morgan fingerprint density at radius 2 is 1.55 bits per heavy atom. The molecule has 1 aromatic heterocycles. The molecule has 4 rings (SSSR count). The molecule has 0 fully saturated rings. The van der Waals surface area contributed by atoms with Gasteiger partial charge in [-0.15, -0.1) is 0 Å². The summed E-state index contributed by atoms with van der Waals surface area (Å²) in [4.78, 5) is 25.3. The minimum atomic E-state index is -0.473. The van der Waals surface area contributed by atoms with Crippen LogP contribution in [0.25, 0.3) is 11.0 Å². The zero-order chi connectivity index (χ0) is 22.1. The highest BCUT2D eigenvalue weighted by atomic mass is 16.5. The van der Waals surface area contributed by atoms with Crippen LogP contribution in [0.2, 0.25) is 0 Å². The van der Waals surface area contributed by atoms with E-state index in [0.29, 0.717) is 28.0 Å². The Balaban J connectivity index is 1.60. The molecular formula is C26H22O5. The molecule has 0 N–H and O–H groups in total. The predicted octanol–water partition coefficient (Wildman–Crippen LogP) is 6.04. The molecule has 0 atom stereocenters. The van der Waals surface area contributed by atoms with E-state index in [2.05, 4.69) is 0 Å². The number of hydrogen-bond acceptors (Lipinski definition) is 5. The second-order valence-electron chi connectivity index (χ2n) is 7.70. The van der Waals surface area contributed by atoms with Gasteiger partial charge in [-0.3, -0.25) is 4.79 Å². The van der Waals surface area contributed by atoms with Gasteiger partial charge in [0, 0.05) is 6.07 Å². The highest BCUT2D eigenvalue weighted by molar-refractivity contribution is 5.92. The van der Waals surface area contributed by atoms with Gasteiger partial charge in [0.1, 0.15) is 23.3 Å². The summed E-state index contributed by atoms with van der Waals surface area (Å²) in [6.45, 7) is 7.84. The van der Waals surface area contributed by atoms with E-state index in [1.807, 2.05) is 52.0 Å². The lowest BCUT2D eigenvalue weighted by atomic mass is 10.1. The van der Waals surface area contributed by atoms with Gasteiger partial charge in [0.25, 0.3) is 0 Å². The van der Waals surface area contributed by atoms with Crippen LogP contribution in [0.5, 0.6) is 17.2 Å². The average Bonchev–Trinajstić information content (AvgIpc) is 2.71. The fourth-order valence-corrected chi connectivity index (χ4v) is 3.38. The van der Waals surface area contributed by atoms with Gasteiger partial charge in [-0.05, 0) is 86.3 Å². The van der Waals surface area contributed by atoms with Crippen LogP contribution in [-0.2, 0) is 0 Å². The molecule has 0 bridgehead atoms. The van der Waals surface area contributed by atoms with Crippen molar-refractivity contribution in [2.75, 3.05) is 0 Å². The quantitative estimate of drug-likeness (QED) is 0.301. The van der Waals surface area contributed by atoms with Crippen LogP contribution in [0.3, 0.4) is 0 Å². The van der Waals surface area contributed by atoms with Crippen LogP contribution in [0.15, 0.2) is 70.1 Å². The zero-order valence-corrected chi connectivity index (χ0v) is 17.8. The molecule has 1 heterocycles. The first-order valence-corrected chi connectivity index (χ1v) is 9.91. The molecule has 5 nitrogen and oxygen atoms in total. The maximum absolute atomic E-state index is 12.8. The van der Waals surface area contributed by atoms with Crippen LogP contribution in [-0.4, -0.2) is 5.97 Å².